The zero-order valence-electron chi connectivity index (χ0n) is 18.4. The number of nitrogens with one attached hydrogen (secondary N) is 2. The van der Waals surface area contributed by atoms with Crippen molar-refractivity contribution in [3.8, 4) is 22.8 Å². The number of anilines is 1. The SMILES string of the molecule is CC1CCCCc2cc(ccn2)-c2nn(-c3cn[nH]c(=O)c3)c(-n3cnccc3=O)c2NC1=O. The molecule has 1 atom stereocenters. The zero-order chi connectivity index (χ0) is 23.7. The summed E-state index contributed by atoms with van der Waals surface area (Å²) in [7, 11) is 0. The number of pyridine rings is 1. The number of fused-ring (bicyclic) bond motifs is 4. The number of nitrogens with zero attached hydrogens (tertiary/aromatic N) is 6. The van der Waals surface area contributed by atoms with Gasteiger partial charge in [-0.15, -0.1) is 0 Å². The van der Waals surface area contributed by atoms with Gasteiger partial charge in [0.25, 0.3) is 11.1 Å². The van der Waals surface area contributed by atoms with Gasteiger partial charge in [-0.2, -0.15) is 10.2 Å². The van der Waals surface area contributed by atoms with E-state index in [2.05, 4.69) is 25.5 Å². The molecule has 0 fully saturated rings. The van der Waals surface area contributed by atoms with E-state index >= 15 is 0 Å². The van der Waals surface area contributed by atoms with Crippen LogP contribution in [0.15, 0.2) is 58.8 Å². The first-order valence-corrected chi connectivity index (χ1v) is 11.0. The monoisotopic (exact) mass is 458 g/mol. The molecule has 4 aromatic rings. The third-order valence-corrected chi connectivity index (χ3v) is 5.81. The van der Waals surface area contributed by atoms with Crippen LogP contribution in [0.2, 0.25) is 0 Å². The van der Waals surface area contributed by atoms with E-state index in [1.54, 1.807) is 12.3 Å². The molecule has 1 unspecified atom stereocenters. The van der Waals surface area contributed by atoms with Crippen molar-refractivity contribution in [2.24, 2.45) is 5.92 Å². The molecule has 34 heavy (non-hydrogen) atoms. The quantitative estimate of drug-likeness (QED) is 0.467. The van der Waals surface area contributed by atoms with Crippen molar-refractivity contribution < 1.29 is 4.79 Å². The average Bonchev–Trinajstić information content (AvgIpc) is 3.20. The highest BCUT2D eigenvalue weighted by Crippen LogP contribution is 2.35. The van der Waals surface area contributed by atoms with Crippen LogP contribution in [0.5, 0.6) is 0 Å². The van der Waals surface area contributed by atoms with Gasteiger partial charge < -0.3 is 5.32 Å². The molecule has 1 amide bonds. The maximum atomic E-state index is 13.2. The lowest BCUT2D eigenvalue weighted by Crippen LogP contribution is -2.25. The average molecular weight is 458 g/mol. The largest absolute Gasteiger partial charge is 0.321 e. The summed E-state index contributed by atoms with van der Waals surface area (Å²) in [5.74, 6) is -0.184. The molecule has 0 aromatic carbocycles. The molecule has 11 nitrogen and oxygen atoms in total. The van der Waals surface area contributed by atoms with Crippen LogP contribution in [0.1, 0.15) is 31.9 Å². The van der Waals surface area contributed by atoms with Crippen molar-refractivity contribution in [2.45, 2.75) is 32.6 Å². The molecule has 2 N–H and O–H groups in total. The van der Waals surface area contributed by atoms with Crippen molar-refractivity contribution in [1.82, 2.24) is 34.5 Å². The Morgan fingerprint density at radius 1 is 1.09 bits per heavy atom. The number of hydrogen-bond donors (Lipinski definition) is 2. The highest BCUT2D eigenvalue weighted by atomic mass is 16.2. The van der Waals surface area contributed by atoms with E-state index in [-0.39, 0.29) is 23.2 Å². The molecule has 1 aliphatic heterocycles. The van der Waals surface area contributed by atoms with Crippen molar-refractivity contribution in [3.63, 3.8) is 0 Å². The molecule has 11 heteroatoms. The van der Waals surface area contributed by atoms with Crippen LogP contribution in [-0.4, -0.2) is 40.4 Å². The predicted octanol–water partition coefficient (Wildman–Crippen LogP) is 1.86. The fourth-order valence-corrected chi connectivity index (χ4v) is 4.02. The van der Waals surface area contributed by atoms with E-state index in [9.17, 15) is 14.4 Å². The first-order valence-electron chi connectivity index (χ1n) is 11.0. The fourth-order valence-electron chi connectivity index (χ4n) is 4.02. The number of aryl methyl sites for hydroxylation is 1. The zero-order valence-corrected chi connectivity index (χ0v) is 18.4. The molecule has 5 heterocycles. The van der Waals surface area contributed by atoms with Crippen LogP contribution in [-0.2, 0) is 11.2 Å². The Balaban J connectivity index is 1.85. The van der Waals surface area contributed by atoms with Gasteiger partial charge in [-0.05, 0) is 31.4 Å². The summed E-state index contributed by atoms with van der Waals surface area (Å²) < 4.78 is 2.70. The third-order valence-electron chi connectivity index (χ3n) is 5.81. The topological polar surface area (TPSA) is 140 Å². The minimum Gasteiger partial charge on any atom is -0.321 e. The second kappa shape index (κ2) is 8.85. The number of H-pyrrole nitrogens is 1. The smallest absolute Gasteiger partial charge is 0.266 e. The van der Waals surface area contributed by atoms with Crippen molar-refractivity contribution in [2.75, 3.05) is 5.32 Å². The Morgan fingerprint density at radius 3 is 2.79 bits per heavy atom. The molecule has 4 aromatic heterocycles. The van der Waals surface area contributed by atoms with Gasteiger partial charge in [0.05, 0.1) is 11.9 Å². The lowest BCUT2D eigenvalue weighted by Gasteiger charge is -2.16. The van der Waals surface area contributed by atoms with Crippen LogP contribution in [0, 0.1) is 5.92 Å². The summed E-state index contributed by atoms with van der Waals surface area (Å²) in [6.07, 6.45) is 9.17. The van der Waals surface area contributed by atoms with E-state index in [4.69, 9.17) is 5.10 Å². The van der Waals surface area contributed by atoms with Crippen LogP contribution in [0.4, 0.5) is 5.69 Å². The van der Waals surface area contributed by atoms with Crippen molar-refractivity contribution in [3.05, 3.63) is 75.6 Å². The van der Waals surface area contributed by atoms with Gasteiger partial charge in [-0.25, -0.2) is 19.3 Å². The second-order valence-electron chi connectivity index (χ2n) is 8.22. The maximum Gasteiger partial charge on any atom is 0.266 e. The first kappa shape index (κ1) is 21.4. The summed E-state index contributed by atoms with van der Waals surface area (Å²) in [4.78, 5) is 46.6. The number of aromatic nitrogens is 7. The summed E-state index contributed by atoms with van der Waals surface area (Å²) >= 11 is 0. The molecular weight excluding hydrogens is 436 g/mol. The molecule has 2 bridgehead atoms. The Kier molecular flexibility index (Phi) is 5.58. The van der Waals surface area contributed by atoms with Gasteiger partial charge in [-0.3, -0.25) is 19.4 Å². The van der Waals surface area contributed by atoms with Gasteiger partial charge in [0.2, 0.25) is 5.91 Å². The number of rotatable bonds is 2. The Bertz CT molecular complexity index is 1490. The van der Waals surface area contributed by atoms with E-state index in [0.717, 1.165) is 36.9 Å². The first-order chi connectivity index (χ1) is 16.5. The Hall–Kier alpha value is -4.41. The Morgan fingerprint density at radius 2 is 1.97 bits per heavy atom. The summed E-state index contributed by atoms with van der Waals surface area (Å²) in [6, 6.07) is 6.35. The van der Waals surface area contributed by atoms with Crippen molar-refractivity contribution in [1.29, 1.82) is 0 Å². The molecule has 0 saturated carbocycles. The summed E-state index contributed by atoms with van der Waals surface area (Å²) in [5, 5.41) is 13.9. The molecule has 0 radical (unpaired) electrons. The summed E-state index contributed by atoms with van der Waals surface area (Å²) in [6.45, 7) is 1.87. The van der Waals surface area contributed by atoms with Crippen LogP contribution in [0.3, 0.4) is 0 Å². The highest BCUT2D eigenvalue weighted by Gasteiger charge is 2.26. The molecule has 0 saturated heterocycles. The van der Waals surface area contributed by atoms with E-state index in [0.29, 0.717) is 17.1 Å². The standard InChI is InChI=1S/C23H22N8O3/c1-14-4-2-3-5-16-10-15(6-9-25-16)20-21(27-22(14)34)23(30-13-24-8-7-19(30)33)31(29-20)17-11-18(32)28-26-12-17/h6-14H,2-5H2,1H3,(H,27,34)(H,28,32). The molecule has 0 aliphatic carbocycles. The van der Waals surface area contributed by atoms with Gasteiger partial charge in [0.15, 0.2) is 5.82 Å². The van der Waals surface area contributed by atoms with E-state index in [1.165, 1.54) is 40.1 Å². The molecule has 5 rings (SSSR count). The lowest BCUT2D eigenvalue weighted by atomic mass is 10.00. The van der Waals surface area contributed by atoms with Gasteiger partial charge in [0.1, 0.15) is 17.7 Å². The fraction of sp³-hybridized carbons (Fsp3) is 0.261. The number of aromatic amines is 1. The maximum absolute atomic E-state index is 13.2. The van der Waals surface area contributed by atoms with Gasteiger partial charge >= 0.3 is 0 Å². The van der Waals surface area contributed by atoms with Crippen LogP contribution in [0.25, 0.3) is 22.8 Å². The van der Waals surface area contributed by atoms with E-state index in [1.807, 2.05) is 13.0 Å². The van der Waals surface area contributed by atoms with E-state index < -0.39 is 5.56 Å². The van der Waals surface area contributed by atoms with Gasteiger partial charge in [0, 0.05) is 41.7 Å². The van der Waals surface area contributed by atoms with Crippen molar-refractivity contribution >= 4 is 11.6 Å². The molecular formula is C23H22N8O3. The summed E-state index contributed by atoms with van der Waals surface area (Å²) in [5.41, 5.74) is 1.93. The minimum atomic E-state index is -0.435. The lowest BCUT2D eigenvalue weighted by molar-refractivity contribution is -0.119. The number of carbonyl (C=O) groups is 1. The number of amides is 1. The molecule has 0 spiro atoms. The number of hydrogen-bond acceptors (Lipinski definition) is 7. The minimum absolute atomic E-state index is 0.183. The highest BCUT2D eigenvalue weighted by molar-refractivity contribution is 5.98. The normalized spacial score (nSPS) is 16.1. The second-order valence-corrected chi connectivity index (χ2v) is 8.22. The number of carbonyl (C=O) groups excluding carboxylic acids is 1. The molecule has 172 valence electrons. The van der Waals surface area contributed by atoms with Crippen LogP contribution >= 0.6 is 0 Å². The Labute approximate surface area is 193 Å². The predicted molar refractivity (Wildman–Crippen MR) is 124 cm³/mol. The molecule has 1 aliphatic rings. The third kappa shape index (κ3) is 4.03. The van der Waals surface area contributed by atoms with Gasteiger partial charge in [-0.1, -0.05) is 13.3 Å². The van der Waals surface area contributed by atoms with Crippen LogP contribution < -0.4 is 16.4 Å².